The van der Waals surface area contributed by atoms with Gasteiger partial charge in [0.15, 0.2) is 11.3 Å². The molecule has 2 N–H and O–H groups in total. The second-order valence-electron chi connectivity index (χ2n) is 5.20. The zero-order valence-electron chi connectivity index (χ0n) is 13.3. The van der Waals surface area contributed by atoms with Crippen LogP contribution in [0.2, 0.25) is 0 Å². The number of primary amides is 1. The van der Waals surface area contributed by atoms with E-state index in [1.165, 1.54) is 6.33 Å². The van der Waals surface area contributed by atoms with Crippen molar-refractivity contribution in [2.75, 3.05) is 6.61 Å². The van der Waals surface area contributed by atoms with E-state index in [1.54, 1.807) is 35.6 Å². The van der Waals surface area contributed by atoms with Gasteiger partial charge in [0.05, 0.1) is 12.3 Å². The average Bonchev–Trinajstić information content (AvgIpc) is 2.99. The zero-order valence-corrected chi connectivity index (χ0v) is 13.3. The van der Waals surface area contributed by atoms with Gasteiger partial charge in [0, 0.05) is 16.8 Å². The maximum absolute atomic E-state index is 12.0. The van der Waals surface area contributed by atoms with Gasteiger partial charge in [-0.2, -0.15) is 0 Å². The van der Waals surface area contributed by atoms with E-state index in [0.29, 0.717) is 22.5 Å². The Kier molecular flexibility index (Phi) is 3.99. The van der Waals surface area contributed by atoms with E-state index in [9.17, 15) is 9.59 Å². The Morgan fingerprint density at radius 2 is 2.04 bits per heavy atom. The van der Waals surface area contributed by atoms with E-state index in [0.717, 1.165) is 5.69 Å². The minimum Gasteiger partial charge on any atom is -0.461 e. The van der Waals surface area contributed by atoms with Gasteiger partial charge in [-0.15, -0.1) is 0 Å². The molecular formula is C17H16N4O3. The monoisotopic (exact) mass is 324 g/mol. The lowest BCUT2D eigenvalue weighted by atomic mass is 10.0. The lowest BCUT2D eigenvalue weighted by Gasteiger charge is -2.09. The maximum atomic E-state index is 12.0. The van der Waals surface area contributed by atoms with Gasteiger partial charge in [-0.05, 0) is 26.0 Å². The Bertz CT molecular complexity index is 946. The molecule has 0 saturated carbocycles. The van der Waals surface area contributed by atoms with Crippen LogP contribution in [0.3, 0.4) is 0 Å². The van der Waals surface area contributed by atoms with Crippen LogP contribution in [-0.4, -0.2) is 32.9 Å². The molecule has 122 valence electrons. The van der Waals surface area contributed by atoms with Gasteiger partial charge in [-0.1, -0.05) is 18.2 Å². The van der Waals surface area contributed by atoms with Gasteiger partial charge in [-0.25, -0.2) is 14.8 Å². The van der Waals surface area contributed by atoms with Gasteiger partial charge >= 0.3 is 5.97 Å². The third-order valence-corrected chi connectivity index (χ3v) is 3.63. The number of esters is 1. The number of ether oxygens (including phenoxy) is 1. The molecule has 24 heavy (non-hydrogen) atoms. The lowest BCUT2D eigenvalue weighted by Crippen LogP contribution is -2.13. The molecule has 7 heteroatoms. The summed E-state index contributed by atoms with van der Waals surface area (Å²) in [4.78, 5) is 32.3. The number of fused-ring (bicyclic) bond motifs is 1. The van der Waals surface area contributed by atoms with Gasteiger partial charge in [-0.3, -0.25) is 9.20 Å². The number of aryl methyl sites for hydroxylation is 1. The summed E-state index contributed by atoms with van der Waals surface area (Å²) in [7, 11) is 0. The minimum absolute atomic E-state index is 0.137. The highest BCUT2D eigenvalue weighted by molar-refractivity contribution is 6.00. The number of carbonyl (C=O) groups excluding carboxylic acids is 2. The molecule has 0 spiro atoms. The summed E-state index contributed by atoms with van der Waals surface area (Å²) in [6.07, 6.45) is 1.52. The predicted octanol–water partition coefficient (Wildman–Crippen LogP) is 1.98. The molecule has 2 heterocycles. The molecule has 7 nitrogen and oxygen atoms in total. The smallest absolute Gasteiger partial charge is 0.360 e. The molecule has 1 aromatic carbocycles. The summed E-state index contributed by atoms with van der Waals surface area (Å²) in [5.74, 6) is -1.07. The molecule has 3 rings (SSSR count). The Morgan fingerprint density at radius 1 is 1.29 bits per heavy atom. The van der Waals surface area contributed by atoms with Crippen LogP contribution in [0.25, 0.3) is 16.9 Å². The molecule has 0 aliphatic rings. The van der Waals surface area contributed by atoms with Crippen molar-refractivity contribution in [1.29, 1.82) is 0 Å². The first-order valence-electron chi connectivity index (χ1n) is 7.44. The van der Waals surface area contributed by atoms with E-state index in [1.807, 2.05) is 13.0 Å². The van der Waals surface area contributed by atoms with Crippen LogP contribution >= 0.6 is 0 Å². The molecule has 1 amide bonds. The van der Waals surface area contributed by atoms with E-state index < -0.39 is 11.9 Å². The number of imidazole rings is 1. The molecule has 0 unspecified atom stereocenters. The second-order valence-corrected chi connectivity index (χ2v) is 5.20. The lowest BCUT2D eigenvalue weighted by molar-refractivity contribution is 0.0522. The van der Waals surface area contributed by atoms with Crippen LogP contribution in [0, 0.1) is 6.92 Å². The number of nitrogens with zero attached hydrogens (tertiary/aromatic N) is 3. The fourth-order valence-electron chi connectivity index (χ4n) is 2.52. The summed E-state index contributed by atoms with van der Waals surface area (Å²) in [5.41, 5.74) is 8.29. The number of hydrogen-bond donors (Lipinski definition) is 1. The summed E-state index contributed by atoms with van der Waals surface area (Å²) in [6.45, 7) is 3.84. The molecule has 2 aromatic heterocycles. The van der Waals surface area contributed by atoms with Crippen molar-refractivity contribution >= 4 is 17.5 Å². The molecule has 0 saturated heterocycles. The van der Waals surface area contributed by atoms with Crippen molar-refractivity contribution < 1.29 is 14.3 Å². The van der Waals surface area contributed by atoms with Gasteiger partial charge in [0.1, 0.15) is 6.33 Å². The third-order valence-electron chi connectivity index (χ3n) is 3.63. The quantitative estimate of drug-likeness (QED) is 0.740. The fraction of sp³-hybridized carbons (Fsp3) is 0.176. The number of carbonyl (C=O) groups is 2. The SMILES string of the molecule is CCOC(=O)c1ncn2c(C)cc(-c3ccccc3C(N)=O)nc12. The van der Waals surface area contributed by atoms with Crippen molar-refractivity contribution in [2.45, 2.75) is 13.8 Å². The number of rotatable bonds is 4. The molecular weight excluding hydrogens is 308 g/mol. The second kappa shape index (κ2) is 6.11. The topological polar surface area (TPSA) is 99.6 Å². The highest BCUT2D eigenvalue weighted by atomic mass is 16.5. The molecule has 3 aromatic rings. The molecule has 0 aliphatic heterocycles. The standard InChI is InChI=1S/C17H16N4O3/c1-3-24-17(23)14-16-20-13(8-10(2)21(16)9-19-14)11-6-4-5-7-12(11)15(18)22/h4-9H,3H2,1-2H3,(H2,18,22). The van der Waals surface area contributed by atoms with Gasteiger partial charge < -0.3 is 10.5 Å². The minimum atomic E-state index is -0.538. The first-order valence-corrected chi connectivity index (χ1v) is 7.44. The third kappa shape index (κ3) is 2.60. The van der Waals surface area contributed by atoms with Crippen molar-refractivity contribution in [3.8, 4) is 11.3 Å². The molecule has 0 bridgehead atoms. The normalized spacial score (nSPS) is 10.8. The summed E-state index contributed by atoms with van der Waals surface area (Å²) in [5, 5.41) is 0. The predicted molar refractivity (Wildman–Crippen MR) is 87.6 cm³/mol. The first-order chi connectivity index (χ1) is 11.5. The molecule has 0 fully saturated rings. The summed E-state index contributed by atoms with van der Waals surface area (Å²) in [6, 6.07) is 8.75. The van der Waals surface area contributed by atoms with Crippen LogP contribution in [0.4, 0.5) is 0 Å². The summed E-state index contributed by atoms with van der Waals surface area (Å²) >= 11 is 0. The number of aromatic nitrogens is 3. The summed E-state index contributed by atoms with van der Waals surface area (Å²) < 4.78 is 6.71. The largest absolute Gasteiger partial charge is 0.461 e. The molecule has 0 atom stereocenters. The van der Waals surface area contributed by atoms with Crippen LogP contribution in [0.5, 0.6) is 0 Å². The fourth-order valence-corrected chi connectivity index (χ4v) is 2.52. The molecule has 0 radical (unpaired) electrons. The first kappa shape index (κ1) is 15.7. The van der Waals surface area contributed by atoms with Crippen LogP contribution in [-0.2, 0) is 4.74 Å². The number of amides is 1. The van der Waals surface area contributed by atoms with E-state index in [-0.39, 0.29) is 12.3 Å². The van der Waals surface area contributed by atoms with Crippen LogP contribution < -0.4 is 5.73 Å². The average molecular weight is 324 g/mol. The Balaban J connectivity index is 2.22. The van der Waals surface area contributed by atoms with Crippen LogP contribution in [0.15, 0.2) is 36.7 Å². The molecule has 0 aliphatic carbocycles. The Hall–Kier alpha value is -3.22. The van der Waals surface area contributed by atoms with Crippen molar-refractivity contribution in [3.05, 3.63) is 53.6 Å². The van der Waals surface area contributed by atoms with Gasteiger partial charge in [0.2, 0.25) is 5.91 Å². The zero-order chi connectivity index (χ0) is 17.3. The maximum Gasteiger partial charge on any atom is 0.360 e. The van der Waals surface area contributed by atoms with E-state index in [2.05, 4.69) is 9.97 Å². The number of nitrogens with two attached hydrogens (primary N) is 1. The number of hydrogen-bond acceptors (Lipinski definition) is 5. The van der Waals surface area contributed by atoms with E-state index in [4.69, 9.17) is 10.5 Å². The Morgan fingerprint density at radius 3 is 2.75 bits per heavy atom. The van der Waals surface area contributed by atoms with Crippen molar-refractivity contribution in [1.82, 2.24) is 14.4 Å². The van der Waals surface area contributed by atoms with Crippen LogP contribution in [0.1, 0.15) is 33.5 Å². The van der Waals surface area contributed by atoms with Crippen molar-refractivity contribution in [3.63, 3.8) is 0 Å². The number of benzene rings is 1. The Labute approximate surface area is 138 Å². The van der Waals surface area contributed by atoms with Gasteiger partial charge in [0.25, 0.3) is 0 Å². The van der Waals surface area contributed by atoms with E-state index >= 15 is 0 Å². The highest BCUT2D eigenvalue weighted by Crippen LogP contribution is 2.24. The highest BCUT2D eigenvalue weighted by Gasteiger charge is 2.19. The van der Waals surface area contributed by atoms with Crippen molar-refractivity contribution in [2.24, 2.45) is 5.73 Å².